The van der Waals surface area contributed by atoms with Gasteiger partial charge in [0.05, 0.1) is 48.2 Å². The molecule has 0 bridgehead atoms. The molecule has 0 saturated heterocycles. The average molecular weight is 587 g/mol. The third kappa shape index (κ3) is 5.58. The largest absolute Gasteiger partial charge is 0.497 e. The molecule has 5 rings (SSSR count). The molecule has 1 aliphatic rings. The molecule has 2 aromatic carbocycles. The highest BCUT2D eigenvalue weighted by Gasteiger charge is 2.34. The monoisotopic (exact) mass is 586 g/mol. The van der Waals surface area contributed by atoms with Gasteiger partial charge in [-0.2, -0.15) is 0 Å². The maximum atomic E-state index is 13.9. The first-order valence-electron chi connectivity index (χ1n) is 13.5. The highest BCUT2D eigenvalue weighted by molar-refractivity contribution is 7.07. The fraction of sp³-hybridized carbons (Fsp3) is 0.250. The van der Waals surface area contributed by atoms with Gasteiger partial charge in [-0.25, -0.2) is 14.6 Å². The van der Waals surface area contributed by atoms with Crippen molar-refractivity contribution in [2.75, 3.05) is 20.8 Å². The van der Waals surface area contributed by atoms with Crippen LogP contribution in [-0.4, -0.2) is 37.3 Å². The van der Waals surface area contributed by atoms with E-state index in [1.54, 1.807) is 61.1 Å². The van der Waals surface area contributed by atoms with Crippen molar-refractivity contribution in [1.29, 1.82) is 0 Å². The number of thiazole rings is 1. The van der Waals surface area contributed by atoms with Crippen LogP contribution in [-0.2, 0) is 14.3 Å². The van der Waals surface area contributed by atoms with E-state index in [0.29, 0.717) is 55.4 Å². The summed E-state index contributed by atoms with van der Waals surface area (Å²) in [7, 11) is 2.90. The molecule has 0 N–H and O–H groups in total. The fourth-order valence-electron chi connectivity index (χ4n) is 4.85. The Hall–Kier alpha value is -4.70. The van der Waals surface area contributed by atoms with Gasteiger partial charge in [-0.1, -0.05) is 48.9 Å². The predicted octanol–water partition coefficient (Wildman–Crippen LogP) is 4.63. The van der Waals surface area contributed by atoms with Gasteiger partial charge < -0.3 is 18.6 Å². The predicted molar refractivity (Wildman–Crippen MR) is 158 cm³/mol. The lowest BCUT2D eigenvalue weighted by molar-refractivity contribution is -0.139. The molecule has 0 aliphatic carbocycles. The second-order valence-electron chi connectivity index (χ2n) is 9.46. The van der Waals surface area contributed by atoms with Gasteiger partial charge in [0.2, 0.25) is 0 Å². The molecule has 3 heterocycles. The van der Waals surface area contributed by atoms with Crippen LogP contribution in [0.3, 0.4) is 0 Å². The number of aromatic nitrogens is 1. The Morgan fingerprint density at radius 2 is 1.83 bits per heavy atom. The van der Waals surface area contributed by atoms with Crippen molar-refractivity contribution in [2.45, 2.75) is 32.7 Å². The zero-order chi connectivity index (χ0) is 29.8. The van der Waals surface area contributed by atoms with Crippen LogP contribution in [0.1, 0.15) is 54.4 Å². The Kier molecular flexibility index (Phi) is 8.53. The summed E-state index contributed by atoms with van der Waals surface area (Å²) in [5, 5.41) is 0. The summed E-state index contributed by atoms with van der Waals surface area (Å²) in [6.45, 7) is 3.96. The molecular weight excluding hydrogens is 556 g/mol. The minimum Gasteiger partial charge on any atom is -0.497 e. The first kappa shape index (κ1) is 28.8. The van der Waals surface area contributed by atoms with E-state index in [-0.39, 0.29) is 12.2 Å². The van der Waals surface area contributed by atoms with E-state index >= 15 is 0 Å². The zero-order valence-corrected chi connectivity index (χ0v) is 24.5. The summed E-state index contributed by atoms with van der Waals surface area (Å²) in [5.74, 6) is 0.742. The van der Waals surface area contributed by atoms with Gasteiger partial charge in [-0.3, -0.25) is 9.36 Å². The van der Waals surface area contributed by atoms with Crippen molar-refractivity contribution in [3.8, 4) is 17.1 Å². The van der Waals surface area contributed by atoms with Crippen LogP contribution in [0.15, 0.2) is 86.1 Å². The number of allylic oxidation sites excluding steroid dienone is 1. The average Bonchev–Trinajstić information content (AvgIpc) is 3.60. The Morgan fingerprint density at radius 1 is 1.05 bits per heavy atom. The Bertz CT molecular complexity index is 1840. The van der Waals surface area contributed by atoms with E-state index in [1.165, 1.54) is 18.4 Å². The Balaban J connectivity index is 1.62. The summed E-state index contributed by atoms with van der Waals surface area (Å²) >= 11 is 1.23. The van der Waals surface area contributed by atoms with Gasteiger partial charge in [-0.15, -0.1) is 0 Å². The maximum absolute atomic E-state index is 13.9. The molecule has 0 amide bonds. The molecule has 9 nitrogen and oxygen atoms in total. The number of rotatable bonds is 9. The first-order chi connectivity index (χ1) is 20.4. The van der Waals surface area contributed by atoms with Gasteiger partial charge >= 0.3 is 11.9 Å². The Labute approximate surface area is 246 Å². The van der Waals surface area contributed by atoms with Gasteiger partial charge in [-0.05, 0) is 55.3 Å². The molecular formula is C32H30N2O7S. The molecule has 4 aromatic rings. The Morgan fingerprint density at radius 3 is 2.52 bits per heavy atom. The maximum Gasteiger partial charge on any atom is 0.338 e. The molecule has 0 fully saturated rings. The molecule has 0 saturated carbocycles. The van der Waals surface area contributed by atoms with Crippen molar-refractivity contribution in [1.82, 2.24) is 4.57 Å². The number of hydrogen-bond acceptors (Lipinski definition) is 9. The van der Waals surface area contributed by atoms with Crippen LogP contribution in [0.25, 0.3) is 17.4 Å². The molecule has 2 aromatic heterocycles. The minimum atomic E-state index is -0.736. The number of benzene rings is 2. The van der Waals surface area contributed by atoms with Crippen LogP contribution >= 0.6 is 11.3 Å². The lowest BCUT2D eigenvalue weighted by Crippen LogP contribution is -2.40. The third-order valence-electron chi connectivity index (χ3n) is 6.79. The summed E-state index contributed by atoms with van der Waals surface area (Å²) in [4.78, 5) is 44.3. The van der Waals surface area contributed by atoms with E-state index in [0.717, 1.165) is 12.0 Å². The summed E-state index contributed by atoms with van der Waals surface area (Å²) < 4.78 is 23.6. The first-order valence-corrected chi connectivity index (χ1v) is 14.3. The van der Waals surface area contributed by atoms with Crippen LogP contribution < -0.4 is 19.6 Å². The molecule has 10 heteroatoms. The van der Waals surface area contributed by atoms with Gasteiger partial charge in [0.25, 0.3) is 5.56 Å². The van der Waals surface area contributed by atoms with Gasteiger partial charge in [0.15, 0.2) is 4.80 Å². The van der Waals surface area contributed by atoms with E-state index in [1.807, 2.05) is 31.2 Å². The topological polar surface area (TPSA) is 109 Å². The number of furan rings is 1. The number of carbonyl (C=O) groups is 2. The number of esters is 2. The SMILES string of the molecule is CCCC1=C(C(=O)OCC)C(c2cccc(OC)c2)n2c(s/c(=C\c3ccc(-c4ccc(C(=O)OC)cc4)o3)c2=O)=N1. The van der Waals surface area contributed by atoms with Crippen LogP contribution in [0.2, 0.25) is 0 Å². The lowest BCUT2D eigenvalue weighted by atomic mass is 9.94. The molecule has 216 valence electrons. The number of fused-ring (bicyclic) bond motifs is 1. The minimum absolute atomic E-state index is 0.198. The number of methoxy groups -OCH3 is 2. The standard InChI is InChI=1S/C32H30N2O7S/c1-5-8-24-27(31(37)40-6-2)28(21-9-7-10-22(17-21)38-3)34-29(35)26(42-32(34)33-24)18-23-15-16-25(41-23)19-11-13-20(14-12-19)30(36)39-4/h7,9-18,28H,5-6,8H2,1-4H3/b26-18-. The molecule has 0 radical (unpaired) electrons. The summed E-state index contributed by atoms with van der Waals surface area (Å²) in [6, 6.07) is 17.0. The smallest absolute Gasteiger partial charge is 0.338 e. The fourth-order valence-corrected chi connectivity index (χ4v) is 5.85. The molecule has 1 atom stereocenters. The van der Waals surface area contributed by atoms with Crippen molar-refractivity contribution in [2.24, 2.45) is 4.99 Å². The number of ether oxygens (including phenoxy) is 3. The number of nitrogens with zero attached hydrogens (tertiary/aromatic N) is 2. The van der Waals surface area contributed by atoms with Crippen LogP contribution in [0, 0.1) is 0 Å². The highest BCUT2D eigenvalue weighted by Crippen LogP contribution is 2.34. The zero-order valence-electron chi connectivity index (χ0n) is 23.7. The van der Waals surface area contributed by atoms with Crippen molar-refractivity contribution in [3.63, 3.8) is 0 Å². The summed E-state index contributed by atoms with van der Waals surface area (Å²) in [6.07, 6.45) is 2.99. The summed E-state index contributed by atoms with van der Waals surface area (Å²) in [5.41, 5.74) is 2.57. The van der Waals surface area contributed by atoms with E-state index in [9.17, 15) is 14.4 Å². The molecule has 0 spiro atoms. The molecule has 1 aliphatic heterocycles. The van der Waals surface area contributed by atoms with Crippen molar-refractivity contribution < 1.29 is 28.2 Å². The van der Waals surface area contributed by atoms with Crippen LogP contribution in [0.4, 0.5) is 0 Å². The molecule has 1 unspecified atom stereocenters. The van der Waals surface area contributed by atoms with Crippen molar-refractivity contribution in [3.05, 3.63) is 109 Å². The second-order valence-corrected chi connectivity index (χ2v) is 10.5. The third-order valence-corrected chi connectivity index (χ3v) is 7.78. The number of carbonyl (C=O) groups excluding carboxylic acids is 2. The van der Waals surface area contributed by atoms with E-state index in [2.05, 4.69) is 0 Å². The molecule has 42 heavy (non-hydrogen) atoms. The quantitative estimate of drug-likeness (QED) is 0.263. The number of hydrogen-bond donors (Lipinski definition) is 0. The van der Waals surface area contributed by atoms with Gasteiger partial charge in [0.1, 0.15) is 17.3 Å². The normalized spacial score (nSPS) is 14.8. The second kappa shape index (κ2) is 12.4. The van der Waals surface area contributed by atoms with E-state index in [4.69, 9.17) is 23.6 Å². The van der Waals surface area contributed by atoms with Crippen molar-refractivity contribution >= 4 is 29.4 Å². The highest BCUT2D eigenvalue weighted by atomic mass is 32.1. The lowest BCUT2D eigenvalue weighted by Gasteiger charge is -2.26. The van der Waals surface area contributed by atoms with E-state index < -0.39 is 18.0 Å². The van der Waals surface area contributed by atoms with Crippen LogP contribution in [0.5, 0.6) is 5.75 Å². The van der Waals surface area contributed by atoms with Gasteiger partial charge in [0, 0.05) is 11.6 Å².